The third-order valence-electron chi connectivity index (χ3n) is 2.76. The summed E-state index contributed by atoms with van der Waals surface area (Å²) in [6.07, 6.45) is 0.00788. The summed E-state index contributed by atoms with van der Waals surface area (Å²) in [6.45, 7) is 1.91. The number of nitrogens with one attached hydrogen (secondary N) is 1. The lowest BCUT2D eigenvalue weighted by Crippen LogP contribution is -2.42. The third kappa shape index (κ3) is 5.51. The Hall–Kier alpha value is -2.37. The van der Waals surface area contributed by atoms with Crippen LogP contribution in [0.15, 0.2) is 24.3 Å². The molecule has 2 amide bonds. The van der Waals surface area contributed by atoms with E-state index in [2.05, 4.69) is 5.32 Å². The lowest BCUT2D eigenvalue weighted by Gasteiger charge is -2.13. The summed E-state index contributed by atoms with van der Waals surface area (Å²) < 4.78 is 0. The maximum Gasteiger partial charge on any atom is 0.326 e. The van der Waals surface area contributed by atoms with E-state index in [9.17, 15) is 14.4 Å². The first-order valence-electron chi connectivity index (χ1n) is 6.24. The van der Waals surface area contributed by atoms with Crippen molar-refractivity contribution in [2.75, 3.05) is 0 Å². The summed E-state index contributed by atoms with van der Waals surface area (Å²) in [6, 6.07) is 6.30. The molecule has 6 heteroatoms. The molecule has 6 nitrogen and oxygen atoms in total. The van der Waals surface area contributed by atoms with Crippen LogP contribution in [0.2, 0.25) is 0 Å². The van der Waals surface area contributed by atoms with Gasteiger partial charge in [0.1, 0.15) is 6.04 Å². The van der Waals surface area contributed by atoms with Gasteiger partial charge in [-0.3, -0.25) is 9.59 Å². The van der Waals surface area contributed by atoms with Crippen molar-refractivity contribution in [1.29, 1.82) is 0 Å². The van der Waals surface area contributed by atoms with Gasteiger partial charge in [-0.15, -0.1) is 0 Å². The number of carbonyl (C=O) groups excluding carboxylic acids is 2. The largest absolute Gasteiger partial charge is 0.480 e. The maximum absolute atomic E-state index is 11.8. The van der Waals surface area contributed by atoms with Crippen LogP contribution in [0.3, 0.4) is 0 Å². The molecule has 0 aliphatic rings. The Bertz CT molecular complexity index is 514. The van der Waals surface area contributed by atoms with E-state index in [1.807, 2.05) is 25.1 Å². The van der Waals surface area contributed by atoms with Gasteiger partial charge in [-0.05, 0) is 18.9 Å². The molecule has 0 bridgehead atoms. The summed E-state index contributed by atoms with van der Waals surface area (Å²) >= 11 is 0. The number of benzene rings is 1. The summed E-state index contributed by atoms with van der Waals surface area (Å²) in [5, 5.41) is 11.4. The van der Waals surface area contributed by atoms with E-state index in [-0.39, 0.29) is 19.3 Å². The van der Waals surface area contributed by atoms with Gasteiger partial charge in [0.05, 0.1) is 6.42 Å². The molecule has 20 heavy (non-hydrogen) atoms. The molecule has 0 aliphatic heterocycles. The molecule has 1 aromatic carbocycles. The maximum atomic E-state index is 11.8. The van der Waals surface area contributed by atoms with E-state index in [4.69, 9.17) is 10.8 Å². The molecule has 1 rings (SSSR count). The van der Waals surface area contributed by atoms with Crippen LogP contribution in [-0.4, -0.2) is 28.9 Å². The minimum atomic E-state index is -1.18. The zero-order valence-electron chi connectivity index (χ0n) is 11.3. The van der Waals surface area contributed by atoms with Crippen molar-refractivity contribution in [2.24, 2.45) is 5.73 Å². The van der Waals surface area contributed by atoms with Gasteiger partial charge in [-0.2, -0.15) is 0 Å². The van der Waals surface area contributed by atoms with E-state index in [1.54, 1.807) is 6.07 Å². The number of hydrogen-bond donors (Lipinski definition) is 3. The van der Waals surface area contributed by atoms with Gasteiger partial charge < -0.3 is 16.2 Å². The number of rotatable bonds is 7. The molecule has 108 valence electrons. The van der Waals surface area contributed by atoms with Crippen LogP contribution in [0.25, 0.3) is 0 Å². The highest BCUT2D eigenvalue weighted by Crippen LogP contribution is 2.05. The lowest BCUT2D eigenvalue weighted by molar-refractivity contribution is -0.142. The van der Waals surface area contributed by atoms with Crippen LogP contribution in [0.4, 0.5) is 0 Å². The fraction of sp³-hybridized carbons (Fsp3) is 0.357. The number of hydrogen-bond acceptors (Lipinski definition) is 3. The number of aryl methyl sites for hydroxylation is 1. The van der Waals surface area contributed by atoms with Crippen molar-refractivity contribution in [1.82, 2.24) is 5.32 Å². The van der Waals surface area contributed by atoms with Gasteiger partial charge >= 0.3 is 5.97 Å². The first kappa shape index (κ1) is 15.7. The molecule has 1 aromatic rings. The standard InChI is InChI=1S/C14H18N2O4/c1-9-3-2-4-10(7-9)8-13(18)16-11(14(19)20)5-6-12(15)17/h2-4,7,11H,5-6,8H2,1H3,(H2,15,17)(H,16,18)(H,19,20). The van der Waals surface area contributed by atoms with Crippen molar-refractivity contribution < 1.29 is 19.5 Å². The molecule has 0 radical (unpaired) electrons. The van der Waals surface area contributed by atoms with E-state index in [0.717, 1.165) is 11.1 Å². The fourth-order valence-corrected chi connectivity index (χ4v) is 1.80. The average Bonchev–Trinajstić information content (AvgIpc) is 2.33. The van der Waals surface area contributed by atoms with Gasteiger partial charge in [-0.25, -0.2) is 4.79 Å². The normalized spacial score (nSPS) is 11.7. The van der Waals surface area contributed by atoms with Crippen molar-refractivity contribution in [3.8, 4) is 0 Å². The van der Waals surface area contributed by atoms with E-state index < -0.39 is 23.8 Å². The number of amides is 2. The Morgan fingerprint density at radius 3 is 2.60 bits per heavy atom. The molecule has 1 unspecified atom stereocenters. The number of primary amides is 1. The quantitative estimate of drug-likeness (QED) is 0.669. The first-order chi connectivity index (χ1) is 9.38. The zero-order valence-corrected chi connectivity index (χ0v) is 11.3. The molecule has 0 saturated carbocycles. The third-order valence-corrected chi connectivity index (χ3v) is 2.76. The van der Waals surface area contributed by atoms with Gasteiger partial charge in [0.25, 0.3) is 0 Å². The van der Waals surface area contributed by atoms with E-state index >= 15 is 0 Å². The van der Waals surface area contributed by atoms with Gasteiger partial charge in [0, 0.05) is 6.42 Å². The minimum absolute atomic E-state index is 0.00970. The number of carbonyl (C=O) groups is 3. The smallest absolute Gasteiger partial charge is 0.326 e. The Labute approximate surface area is 117 Å². The predicted octanol–water partition coefficient (Wildman–Crippen LogP) is 0.372. The molecule has 0 aromatic heterocycles. The van der Waals surface area contributed by atoms with Crippen LogP contribution < -0.4 is 11.1 Å². The van der Waals surface area contributed by atoms with Crippen molar-refractivity contribution in [2.45, 2.75) is 32.2 Å². The van der Waals surface area contributed by atoms with Crippen molar-refractivity contribution in [3.05, 3.63) is 35.4 Å². The Morgan fingerprint density at radius 2 is 2.05 bits per heavy atom. The summed E-state index contributed by atoms with van der Waals surface area (Å²) in [7, 11) is 0. The highest BCUT2D eigenvalue weighted by Gasteiger charge is 2.20. The summed E-state index contributed by atoms with van der Waals surface area (Å²) in [5.41, 5.74) is 6.80. The molecule has 4 N–H and O–H groups in total. The monoisotopic (exact) mass is 278 g/mol. The Kier molecular flexibility index (Phi) is 5.71. The lowest BCUT2D eigenvalue weighted by atomic mass is 10.1. The minimum Gasteiger partial charge on any atom is -0.480 e. The number of carboxylic acids is 1. The summed E-state index contributed by atoms with van der Waals surface area (Å²) in [4.78, 5) is 33.4. The first-order valence-corrected chi connectivity index (χ1v) is 6.24. The van der Waals surface area contributed by atoms with Crippen LogP contribution >= 0.6 is 0 Å². The van der Waals surface area contributed by atoms with Gasteiger partial charge in [0.15, 0.2) is 0 Å². The predicted molar refractivity (Wildman–Crippen MR) is 72.9 cm³/mol. The molecule has 0 heterocycles. The zero-order chi connectivity index (χ0) is 15.1. The fourth-order valence-electron chi connectivity index (χ4n) is 1.80. The summed E-state index contributed by atoms with van der Waals surface area (Å²) in [5.74, 6) is -2.17. The van der Waals surface area contributed by atoms with E-state index in [1.165, 1.54) is 0 Å². The molecular formula is C14H18N2O4. The molecule has 0 spiro atoms. The SMILES string of the molecule is Cc1cccc(CC(=O)NC(CCC(N)=O)C(=O)O)c1. The van der Waals surface area contributed by atoms with Crippen molar-refractivity contribution >= 4 is 17.8 Å². The Balaban J connectivity index is 2.57. The van der Waals surface area contributed by atoms with E-state index in [0.29, 0.717) is 0 Å². The van der Waals surface area contributed by atoms with Crippen LogP contribution in [0, 0.1) is 6.92 Å². The number of aliphatic carboxylic acids is 1. The molecule has 0 fully saturated rings. The van der Waals surface area contributed by atoms with Crippen molar-refractivity contribution in [3.63, 3.8) is 0 Å². The topological polar surface area (TPSA) is 109 Å². The highest BCUT2D eigenvalue weighted by molar-refractivity contribution is 5.85. The second-order valence-corrected chi connectivity index (χ2v) is 4.63. The average molecular weight is 278 g/mol. The van der Waals surface area contributed by atoms with Crippen LogP contribution in [0.5, 0.6) is 0 Å². The van der Waals surface area contributed by atoms with Crippen LogP contribution in [-0.2, 0) is 20.8 Å². The number of nitrogens with two attached hydrogens (primary N) is 1. The second-order valence-electron chi connectivity index (χ2n) is 4.63. The molecular weight excluding hydrogens is 260 g/mol. The second kappa shape index (κ2) is 7.28. The molecule has 0 saturated heterocycles. The molecule has 0 aliphatic carbocycles. The van der Waals surface area contributed by atoms with Gasteiger partial charge in [0.2, 0.25) is 11.8 Å². The Morgan fingerprint density at radius 1 is 1.35 bits per heavy atom. The highest BCUT2D eigenvalue weighted by atomic mass is 16.4. The molecule has 1 atom stereocenters. The van der Waals surface area contributed by atoms with Gasteiger partial charge in [-0.1, -0.05) is 29.8 Å². The number of carboxylic acid groups (broad SMARTS) is 1. The van der Waals surface area contributed by atoms with Crippen LogP contribution in [0.1, 0.15) is 24.0 Å².